The molecule has 0 aliphatic carbocycles. The molecule has 3 nitrogen and oxygen atoms in total. The SMILES string of the molecule is O=C(CSc1cccc(Br)c1)N[C@H]1C[C@H]2CC[C@H]1O2. The first-order valence-electron chi connectivity index (χ1n) is 6.54. The number of thioether (sulfide) groups is 1. The Balaban J connectivity index is 1.47. The summed E-state index contributed by atoms with van der Waals surface area (Å²) in [5, 5.41) is 3.10. The third-order valence-corrected chi connectivity index (χ3v) is 5.11. The highest BCUT2D eigenvalue weighted by Crippen LogP contribution is 2.34. The Morgan fingerprint density at radius 1 is 1.47 bits per heavy atom. The molecule has 1 N–H and O–H groups in total. The number of ether oxygens (including phenoxy) is 1. The number of carbonyl (C=O) groups is 1. The zero-order valence-corrected chi connectivity index (χ0v) is 12.9. The van der Waals surface area contributed by atoms with E-state index in [9.17, 15) is 4.79 Å². The number of rotatable bonds is 4. The minimum Gasteiger partial charge on any atom is -0.373 e. The maximum Gasteiger partial charge on any atom is 0.230 e. The van der Waals surface area contributed by atoms with Gasteiger partial charge in [-0.2, -0.15) is 0 Å². The molecule has 2 bridgehead atoms. The van der Waals surface area contributed by atoms with Crippen molar-refractivity contribution < 1.29 is 9.53 Å². The second kappa shape index (κ2) is 5.85. The Hall–Kier alpha value is -0.520. The number of hydrogen-bond acceptors (Lipinski definition) is 3. The second-order valence-corrected chi connectivity index (χ2v) is 6.99. The molecule has 0 radical (unpaired) electrons. The number of nitrogens with one attached hydrogen (secondary N) is 1. The molecule has 2 heterocycles. The number of fused-ring (bicyclic) bond motifs is 2. The molecular weight excluding hydrogens is 326 g/mol. The van der Waals surface area contributed by atoms with Crippen LogP contribution in [0.4, 0.5) is 0 Å². The van der Waals surface area contributed by atoms with E-state index < -0.39 is 0 Å². The van der Waals surface area contributed by atoms with E-state index >= 15 is 0 Å². The van der Waals surface area contributed by atoms with Gasteiger partial charge in [0.05, 0.1) is 24.0 Å². The minimum absolute atomic E-state index is 0.103. The van der Waals surface area contributed by atoms with Gasteiger partial charge in [0, 0.05) is 9.37 Å². The Labute approximate surface area is 125 Å². The van der Waals surface area contributed by atoms with Crippen molar-refractivity contribution >= 4 is 33.6 Å². The molecule has 1 aromatic rings. The van der Waals surface area contributed by atoms with Crippen LogP contribution in [0.25, 0.3) is 0 Å². The fraction of sp³-hybridized carbons (Fsp3) is 0.500. The lowest BCUT2D eigenvalue weighted by Gasteiger charge is -2.19. The Morgan fingerprint density at radius 2 is 2.37 bits per heavy atom. The van der Waals surface area contributed by atoms with Gasteiger partial charge in [0.1, 0.15) is 0 Å². The molecule has 0 spiro atoms. The maximum absolute atomic E-state index is 11.9. The lowest BCUT2D eigenvalue weighted by Crippen LogP contribution is -2.42. The van der Waals surface area contributed by atoms with Gasteiger partial charge in [-0.15, -0.1) is 11.8 Å². The van der Waals surface area contributed by atoms with Crippen molar-refractivity contribution in [3.8, 4) is 0 Å². The summed E-state index contributed by atoms with van der Waals surface area (Å²) >= 11 is 5.00. The molecule has 2 fully saturated rings. The summed E-state index contributed by atoms with van der Waals surface area (Å²) in [5.74, 6) is 0.566. The van der Waals surface area contributed by atoms with E-state index in [4.69, 9.17) is 4.74 Å². The normalized spacial score (nSPS) is 28.6. The van der Waals surface area contributed by atoms with Crippen molar-refractivity contribution in [2.75, 3.05) is 5.75 Å². The predicted octanol–water partition coefficient (Wildman–Crippen LogP) is 2.98. The van der Waals surface area contributed by atoms with E-state index in [-0.39, 0.29) is 18.1 Å². The standard InChI is InChI=1S/C14H16BrNO2S/c15-9-2-1-3-11(6-9)19-8-14(17)16-12-7-10-4-5-13(12)18-10/h1-3,6,10,12-13H,4-5,7-8H2,(H,16,17)/t10-,12+,13-/m1/s1. The topological polar surface area (TPSA) is 38.3 Å². The van der Waals surface area contributed by atoms with E-state index in [0.717, 1.165) is 28.6 Å². The highest BCUT2D eigenvalue weighted by atomic mass is 79.9. The van der Waals surface area contributed by atoms with E-state index in [1.807, 2.05) is 24.3 Å². The van der Waals surface area contributed by atoms with Crippen LogP contribution in [0, 0.1) is 0 Å². The molecule has 102 valence electrons. The first-order valence-corrected chi connectivity index (χ1v) is 8.32. The Morgan fingerprint density at radius 3 is 3.05 bits per heavy atom. The van der Waals surface area contributed by atoms with Crippen LogP contribution in [0.15, 0.2) is 33.6 Å². The van der Waals surface area contributed by atoms with Crippen LogP contribution in [0.3, 0.4) is 0 Å². The highest BCUT2D eigenvalue weighted by molar-refractivity contribution is 9.10. The van der Waals surface area contributed by atoms with E-state index in [1.54, 1.807) is 11.8 Å². The molecule has 2 saturated heterocycles. The number of halogens is 1. The van der Waals surface area contributed by atoms with Crippen molar-refractivity contribution in [1.82, 2.24) is 5.32 Å². The van der Waals surface area contributed by atoms with Crippen LogP contribution in [-0.2, 0) is 9.53 Å². The third kappa shape index (κ3) is 3.33. The molecule has 19 heavy (non-hydrogen) atoms. The molecular formula is C14H16BrNO2S. The van der Waals surface area contributed by atoms with Gasteiger partial charge in [-0.1, -0.05) is 22.0 Å². The smallest absolute Gasteiger partial charge is 0.230 e. The van der Waals surface area contributed by atoms with Crippen LogP contribution in [0.1, 0.15) is 19.3 Å². The van der Waals surface area contributed by atoms with Crippen LogP contribution < -0.4 is 5.32 Å². The van der Waals surface area contributed by atoms with Gasteiger partial charge in [-0.3, -0.25) is 4.79 Å². The molecule has 3 atom stereocenters. The summed E-state index contributed by atoms with van der Waals surface area (Å²) < 4.78 is 6.78. The number of benzene rings is 1. The quantitative estimate of drug-likeness (QED) is 0.855. The lowest BCUT2D eigenvalue weighted by atomic mass is 9.95. The number of amides is 1. The molecule has 1 aromatic carbocycles. The van der Waals surface area contributed by atoms with E-state index in [1.165, 1.54) is 0 Å². The summed E-state index contributed by atoms with van der Waals surface area (Å²) in [7, 11) is 0. The third-order valence-electron chi connectivity index (χ3n) is 3.62. The Kier molecular flexibility index (Phi) is 4.15. The summed E-state index contributed by atoms with van der Waals surface area (Å²) in [6.07, 6.45) is 3.87. The summed E-state index contributed by atoms with van der Waals surface area (Å²) in [5.41, 5.74) is 0. The molecule has 0 aromatic heterocycles. The molecule has 2 aliphatic rings. The molecule has 1 amide bonds. The Bertz CT molecular complexity index is 482. The van der Waals surface area contributed by atoms with E-state index in [2.05, 4.69) is 21.2 Å². The first-order chi connectivity index (χ1) is 9.20. The maximum atomic E-state index is 11.9. The van der Waals surface area contributed by atoms with Crippen LogP contribution >= 0.6 is 27.7 Å². The average Bonchev–Trinajstić information content (AvgIpc) is 2.99. The van der Waals surface area contributed by atoms with Crippen LogP contribution in [0.5, 0.6) is 0 Å². The van der Waals surface area contributed by atoms with Gasteiger partial charge in [0.15, 0.2) is 0 Å². The van der Waals surface area contributed by atoms with Gasteiger partial charge < -0.3 is 10.1 Å². The minimum atomic E-state index is 0.103. The summed E-state index contributed by atoms with van der Waals surface area (Å²) in [6, 6.07) is 8.24. The molecule has 3 rings (SSSR count). The van der Waals surface area contributed by atoms with Crippen molar-refractivity contribution in [2.24, 2.45) is 0 Å². The van der Waals surface area contributed by atoms with Gasteiger partial charge >= 0.3 is 0 Å². The number of hydrogen-bond donors (Lipinski definition) is 1. The van der Waals surface area contributed by atoms with Gasteiger partial charge in [0.25, 0.3) is 0 Å². The van der Waals surface area contributed by atoms with Crippen molar-refractivity contribution in [1.29, 1.82) is 0 Å². The molecule has 0 saturated carbocycles. The monoisotopic (exact) mass is 341 g/mol. The first kappa shape index (κ1) is 13.5. The van der Waals surface area contributed by atoms with Crippen molar-refractivity contribution in [3.63, 3.8) is 0 Å². The summed E-state index contributed by atoms with van der Waals surface area (Å²) in [4.78, 5) is 13.0. The molecule has 0 unspecified atom stereocenters. The fourth-order valence-electron chi connectivity index (χ4n) is 2.74. The summed E-state index contributed by atoms with van der Waals surface area (Å²) in [6.45, 7) is 0. The van der Waals surface area contributed by atoms with E-state index in [0.29, 0.717) is 11.9 Å². The van der Waals surface area contributed by atoms with Crippen LogP contribution in [0.2, 0.25) is 0 Å². The highest BCUT2D eigenvalue weighted by Gasteiger charge is 2.41. The zero-order valence-electron chi connectivity index (χ0n) is 10.5. The molecule has 2 aliphatic heterocycles. The van der Waals surface area contributed by atoms with Gasteiger partial charge in [-0.25, -0.2) is 0 Å². The largest absolute Gasteiger partial charge is 0.373 e. The second-order valence-electron chi connectivity index (χ2n) is 5.03. The van der Waals surface area contributed by atoms with Crippen LogP contribution in [-0.4, -0.2) is 29.9 Å². The molecule has 5 heteroatoms. The fourth-order valence-corrected chi connectivity index (χ4v) is 4.06. The van der Waals surface area contributed by atoms with Crippen molar-refractivity contribution in [3.05, 3.63) is 28.7 Å². The van der Waals surface area contributed by atoms with Gasteiger partial charge in [0.2, 0.25) is 5.91 Å². The lowest BCUT2D eigenvalue weighted by molar-refractivity contribution is -0.119. The van der Waals surface area contributed by atoms with Gasteiger partial charge in [-0.05, 0) is 37.5 Å². The average molecular weight is 342 g/mol. The number of carbonyl (C=O) groups excluding carboxylic acids is 1. The predicted molar refractivity (Wildman–Crippen MR) is 79.3 cm³/mol. The zero-order chi connectivity index (χ0) is 13.2. The van der Waals surface area contributed by atoms with Crippen molar-refractivity contribution in [2.45, 2.75) is 42.4 Å².